The van der Waals surface area contributed by atoms with E-state index in [1.165, 1.54) is 7.11 Å². The fourth-order valence-electron chi connectivity index (χ4n) is 2.54. The van der Waals surface area contributed by atoms with Crippen molar-refractivity contribution < 1.29 is 34.6 Å². The van der Waals surface area contributed by atoms with Gasteiger partial charge in [0.2, 0.25) is 0 Å². The number of hydrogen-bond acceptors (Lipinski definition) is 10. The molecule has 1 aliphatic heterocycles. The Kier molecular flexibility index (Phi) is 5.81. The fraction of sp³-hybridized carbons (Fsp3) is 0.538. The van der Waals surface area contributed by atoms with Crippen LogP contribution in [0.3, 0.4) is 0 Å². The van der Waals surface area contributed by atoms with Gasteiger partial charge in [0.1, 0.15) is 24.0 Å². The zero-order valence-electron chi connectivity index (χ0n) is 13.0. The van der Waals surface area contributed by atoms with Crippen molar-refractivity contribution in [2.75, 3.05) is 19.0 Å². The summed E-state index contributed by atoms with van der Waals surface area (Å²) in [5.74, 6) is 0. The molecule has 12 heteroatoms. The monoisotopic (exact) mass is 359 g/mol. The van der Waals surface area contributed by atoms with E-state index in [1.807, 2.05) is 0 Å². The molecule has 1 aromatic rings. The first-order chi connectivity index (χ1) is 11.8. The van der Waals surface area contributed by atoms with Gasteiger partial charge >= 0.3 is 0 Å². The number of ether oxygens (including phenoxy) is 2. The summed E-state index contributed by atoms with van der Waals surface area (Å²) in [7, 11) is 1.24. The van der Waals surface area contributed by atoms with Crippen LogP contribution in [0, 0.1) is 20.2 Å². The molecule has 0 amide bonds. The number of aliphatic hydroxyl groups is 3. The third-order valence-corrected chi connectivity index (χ3v) is 3.83. The van der Waals surface area contributed by atoms with Crippen molar-refractivity contribution in [1.29, 1.82) is 0 Å². The molecule has 2 rings (SSSR count). The maximum Gasteiger partial charge on any atom is 0.299 e. The highest BCUT2D eigenvalue weighted by molar-refractivity contribution is 5.66. The van der Waals surface area contributed by atoms with Crippen molar-refractivity contribution in [2.24, 2.45) is 0 Å². The summed E-state index contributed by atoms with van der Waals surface area (Å²) in [6.45, 7) is -0.575. The van der Waals surface area contributed by atoms with Crippen LogP contribution in [0.25, 0.3) is 0 Å². The molecule has 12 nitrogen and oxygen atoms in total. The summed E-state index contributed by atoms with van der Waals surface area (Å²) < 4.78 is 10.1. The van der Waals surface area contributed by atoms with Crippen LogP contribution in [-0.2, 0) is 9.47 Å². The van der Waals surface area contributed by atoms with Gasteiger partial charge in [0, 0.05) is 13.2 Å². The Hall–Kier alpha value is -2.38. The normalized spacial score (nSPS) is 29.2. The average Bonchev–Trinajstić information content (AvgIpc) is 2.58. The number of benzene rings is 1. The van der Waals surface area contributed by atoms with E-state index in [1.54, 1.807) is 0 Å². The van der Waals surface area contributed by atoms with Crippen LogP contribution >= 0.6 is 0 Å². The second kappa shape index (κ2) is 7.67. The van der Waals surface area contributed by atoms with Crippen LogP contribution in [-0.4, -0.2) is 69.5 Å². The second-order valence-corrected chi connectivity index (χ2v) is 5.33. The third-order valence-electron chi connectivity index (χ3n) is 3.83. The van der Waals surface area contributed by atoms with Gasteiger partial charge in [-0.1, -0.05) is 0 Å². The number of rotatable bonds is 6. The van der Waals surface area contributed by atoms with Crippen molar-refractivity contribution in [1.82, 2.24) is 0 Å². The van der Waals surface area contributed by atoms with E-state index >= 15 is 0 Å². The molecule has 1 heterocycles. The number of hydrogen-bond donors (Lipinski definition) is 4. The van der Waals surface area contributed by atoms with Gasteiger partial charge in [-0.3, -0.25) is 20.2 Å². The SMILES string of the molecule is COC1OC(CO)C(O)C(Nc2ccc([N+](=O)[O-])cc2[N+](=O)[O-])C1O. The predicted octanol–water partition coefficient (Wildman–Crippen LogP) is -0.631. The number of aliphatic hydroxyl groups excluding tert-OH is 3. The van der Waals surface area contributed by atoms with E-state index in [-0.39, 0.29) is 5.69 Å². The zero-order valence-corrected chi connectivity index (χ0v) is 13.0. The summed E-state index contributed by atoms with van der Waals surface area (Å²) in [6, 6.07) is 1.72. The highest BCUT2D eigenvalue weighted by Crippen LogP contribution is 2.32. The lowest BCUT2D eigenvalue weighted by Gasteiger charge is -2.42. The van der Waals surface area contributed by atoms with Crippen LogP contribution in [0.15, 0.2) is 18.2 Å². The maximum absolute atomic E-state index is 11.2. The Morgan fingerprint density at radius 1 is 1.24 bits per heavy atom. The summed E-state index contributed by atoms with van der Waals surface area (Å²) in [6.07, 6.45) is -5.11. The largest absolute Gasteiger partial charge is 0.394 e. The topological polar surface area (TPSA) is 177 Å². The molecule has 0 spiro atoms. The van der Waals surface area contributed by atoms with Gasteiger partial charge in [0.05, 0.1) is 28.6 Å². The number of nitrogens with zero attached hydrogens (tertiary/aromatic N) is 2. The summed E-state index contributed by atoms with van der Waals surface area (Å²) in [4.78, 5) is 20.3. The van der Waals surface area contributed by atoms with Crippen LogP contribution in [0.4, 0.5) is 17.1 Å². The van der Waals surface area contributed by atoms with Gasteiger partial charge in [-0.2, -0.15) is 0 Å². The number of anilines is 1. The van der Waals surface area contributed by atoms with E-state index < -0.39 is 58.5 Å². The Balaban J connectivity index is 2.35. The first kappa shape index (κ1) is 19.0. The molecule has 5 unspecified atom stereocenters. The standard InChI is InChI=1S/C13H17N3O9/c1-24-13-12(19)10(11(18)9(5-17)25-13)14-7-3-2-6(15(20)21)4-8(7)16(22)23/h2-4,9-14,17-19H,5H2,1H3. The highest BCUT2D eigenvalue weighted by Gasteiger charge is 2.45. The van der Waals surface area contributed by atoms with Gasteiger partial charge in [-0.25, -0.2) is 0 Å². The van der Waals surface area contributed by atoms with E-state index in [0.717, 1.165) is 18.2 Å². The maximum atomic E-state index is 11.2. The number of methoxy groups -OCH3 is 1. The molecule has 1 aliphatic rings. The Labute approximate surface area is 140 Å². The van der Waals surface area contributed by atoms with Crippen LogP contribution in [0.2, 0.25) is 0 Å². The van der Waals surface area contributed by atoms with Gasteiger partial charge in [0.15, 0.2) is 6.29 Å². The number of nitro benzene ring substituents is 2. The number of nitrogens with one attached hydrogen (secondary N) is 1. The minimum Gasteiger partial charge on any atom is -0.394 e. The van der Waals surface area contributed by atoms with Crippen molar-refractivity contribution in [3.05, 3.63) is 38.4 Å². The molecule has 138 valence electrons. The zero-order chi connectivity index (χ0) is 18.7. The molecule has 1 aromatic carbocycles. The van der Waals surface area contributed by atoms with Crippen molar-refractivity contribution in [3.63, 3.8) is 0 Å². The van der Waals surface area contributed by atoms with Gasteiger partial charge in [-0.15, -0.1) is 0 Å². The first-order valence-corrected chi connectivity index (χ1v) is 7.14. The lowest BCUT2D eigenvalue weighted by Crippen LogP contribution is -2.61. The summed E-state index contributed by atoms with van der Waals surface area (Å²) in [5, 5.41) is 54.2. The van der Waals surface area contributed by atoms with Gasteiger partial charge < -0.3 is 30.1 Å². The lowest BCUT2D eigenvalue weighted by molar-refractivity contribution is -0.393. The van der Waals surface area contributed by atoms with Crippen molar-refractivity contribution in [2.45, 2.75) is 30.6 Å². The number of non-ortho nitro benzene ring substituents is 1. The molecule has 0 aromatic heterocycles. The molecule has 0 saturated carbocycles. The molecule has 0 bridgehead atoms. The van der Waals surface area contributed by atoms with Crippen LogP contribution < -0.4 is 5.32 Å². The molecule has 0 radical (unpaired) electrons. The lowest BCUT2D eigenvalue weighted by atomic mass is 9.95. The summed E-state index contributed by atoms with van der Waals surface area (Å²) in [5.41, 5.74) is -1.23. The van der Waals surface area contributed by atoms with Gasteiger partial charge in [-0.05, 0) is 6.07 Å². The molecule has 1 saturated heterocycles. The van der Waals surface area contributed by atoms with Crippen LogP contribution in [0.1, 0.15) is 0 Å². The van der Waals surface area contributed by atoms with Gasteiger partial charge in [0.25, 0.3) is 11.4 Å². The van der Waals surface area contributed by atoms with E-state index in [2.05, 4.69) is 5.32 Å². The fourth-order valence-corrected chi connectivity index (χ4v) is 2.54. The first-order valence-electron chi connectivity index (χ1n) is 7.14. The minimum absolute atomic E-state index is 0.146. The second-order valence-electron chi connectivity index (χ2n) is 5.33. The van der Waals surface area contributed by atoms with E-state index in [9.17, 15) is 35.5 Å². The highest BCUT2D eigenvalue weighted by atomic mass is 16.7. The van der Waals surface area contributed by atoms with Crippen molar-refractivity contribution >= 4 is 17.1 Å². The smallest absolute Gasteiger partial charge is 0.299 e. The Morgan fingerprint density at radius 2 is 1.92 bits per heavy atom. The molecular weight excluding hydrogens is 342 g/mol. The molecular formula is C13H17N3O9. The predicted molar refractivity (Wildman–Crippen MR) is 81.9 cm³/mol. The molecule has 1 fully saturated rings. The third kappa shape index (κ3) is 3.83. The quantitative estimate of drug-likeness (QED) is 0.377. The minimum atomic E-state index is -1.42. The van der Waals surface area contributed by atoms with Crippen LogP contribution in [0.5, 0.6) is 0 Å². The average molecular weight is 359 g/mol. The number of nitro groups is 2. The Bertz CT molecular complexity index is 640. The van der Waals surface area contributed by atoms with Crippen molar-refractivity contribution in [3.8, 4) is 0 Å². The Morgan fingerprint density at radius 3 is 2.44 bits per heavy atom. The van der Waals surface area contributed by atoms with E-state index in [0.29, 0.717) is 0 Å². The van der Waals surface area contributed by atoms with E-state index in [4.69, 9.17) is 9.47 Å². The molecule has 5 atom stereocenters. The molecule has 25 heavy (non-hydrogen) atoms. The summed E-state index contributed by atoms with van der Waals surface area (Å²) >= 11 is 0. The molecule has 0 aliphatic carbocycles. The molecule has 4 N–H and O–H groups in total.